The topological polar surface area (TPSA) is 125 Å². The summed E-state index contributed by atoms with van der Waals surface area (Å²) in [5.74, 6) is 0.429. The van der Waals surface area contributed by atoms with Crippen molar-refractivity contribution in [2.75, 3.05) is 14.2 Å². The zero-order chi connectivity index (χ0) is 21.9. The highest BCUT2D eigenvalue weighted by Crippen LogP contribution is 2.41. The van der Waals surface area contributed by atoms with Crippen LogP contribution < -0.4 is 20.9 Å². The molecule has 0 atom stereocenters. The highest BCUT2D eigenvalue weighted by Gasteiger charge is 2.40. The zero-order valence-electron chi connectivity index (χ0n) is 17.4. The third kappa shape index (κ3) is 4.66. The molecule has 162 valence electrons. The molecule has 30 heavy (non-hydrogen) atoms. The van der Waals surface area contributed by atoms with Gasteiger partial charge in [-0.1, -0.05) is 18.2 Å². The van der Waals surface area contributed by atoms with Gasteiger partial charge in [-0.25, -0.2) is 13.6 Å². The molecule has 1 aliphatic rings. The summed E-state index contributed by atoms with van der Waals surface area (Å²) in [4.78, 5) is 12.5. The van der Waals surface area contributed by atoms with Crippen molar-refractivity contribution in [2.24, 2.45) is 16.3 Å². The van der Waals surface area contributed by atoms with Crippen LogP contribution in [0.1, 0.15) is 31.2 Å². The molecule has 3 rings (SSSR count). The first-order valence-corrected chi connectivity index (χ1v) is 11.5. The summed E-state index contributed by atoms with van der Waals surface area (Å²) in [6.45, 7) is 0. The van der Waals surface area contributed by atoms with Gasteiger partial charge in [0.2, 0.25) is 15.9 Å². The van der Waals surface area contributed by atoms with E-state index in [1.165, 1.54) is 12.1 Å². The number of methoxy groups -OCH3 is 1. The first-order chi connectivity index (χ1) is 14.2. The highest BCUT2D eigenvalue weighted by atomic mass is 32.2. The maximum Gasteiger partial charge on any atom is 0.238 e. The molecule has 0 saturated heterocycles. The van der Waals surface area contributed by atoms with Crippen LogP contribution in [0.15, 0.2) is 47.4 Å². The second-order valence-electron chi connectivity index (χ2n) is 7.98. The third-order valence-corrected chi connectivity index (χ3v) is 7.13. The average Bonchev–Trinajstić information content (AvgIpc) is 2.73. The molecule has 0 aromatic heterocycles. The standard InChI is InChI=1S/C22H29N3O4S/c1-25-18-9-11-22(12-10-18,21(23)26)14-17-13-16(5-8-20(17)29-2)15-3-6-19(7-4-15)30(24,27)28/h3-8,13,18,25H,9-12,14H2,1-2H3,(H2,23,26)(H2,24,27,28). The number of ether oxygens (including phenoxy) is 1. The first kappa shape index (κ1) is 22.3. The van der Waals surface area contributed by atoms with Gasteiger partial charge in [-0.3, -0.25) is 4.79 Å². The first-order valence-electron chi connectivity index (χ1n) is 9.96. The molecule has 7 nitrogen and oxygen atoms in total. The van der Waals surface area contributed by atoms with Gasteiger partial charge in [0.25, 0.3) is 0 Å². The van der Waals surface area contributed by atoms with E-state index in [1.807, 2.05) is 25.2 Å². The number of primary amides is 1. The van der Waals surface area contributed by atoms with Crippen LogP contribution in [0.3, 0.4) is 0 Å². The normalized spacial score (nSPS) is 21.9. The lowest BCUT2D eigenvalue weighted by molar-refractivity contribution is -0.129. The van der Waals surface area contributed by atoms with E-state index in [-0.39, 0.29) is 10.8 Å². The lowest BCUT2D eigenvalue weighted by Crippen LogP contribution is -2.45. The molecule has 1 amide bonds. The van der Waals surface area contributed by atoms with E-state index in [0.29, 0.717) is 18.2 Å². The summed E-state index contributed by atoms with van der Waals surface area (Å²) < 4.78 is 28.5. The number of amides is 1. The van der Waals surface area contributed by atoms with Crippen LogP contribution >= 0.6 is 0 Å². The molecule has 5 N–H and O–H groups in total. The van der Waals surface area contributed by atoms with Gasteiger partial charge in [0, 0.05) is 6.04 Å². The van der Waals surface area contributed by atoms with Gasteiger partial charge in [-0.15, -0.1) is 0 Å². The minimum atomic E-state index is -3.74. The predicted octanol–water partition coefficient (Wildman–Crippen LogP) is 2.19. The Labute approximate surface area is 177 Å². The van der Waals surface area contributed by atoms with E-state index < -0.39 is 15.4 Å². The van der Waals surface area contributed by atoms with E-state index >= 15 is 0 Å². The van der Waals surface area contributed by atoms with E-state index in [1.54, 1.807) is 19.2 Å². The molecule has 1 aliphatic carbocycles. The molecule has 0 heterocycles. The van der Waals surface area contributed by atoms with Crippen molar-refractivity contribution < 1.29 is 17.9 Å². The third-order valence-electron chi connectivity index (χ3n) is 6.20. The van der Waals surface area contributed by atoms with Crippen molar-refractivity contribution in [1.82, 2.24) is 5.32 Å². The van der Waals surface area contributed by atoms with E-state index in [9.17, 15) is 13.2 Å². The molecular weight excluding hydrogens is 402 g/mol. The van der Waals surface area contributed by atoms with Gasteiger partial charge in [0.1, 0.15) is 5.75 Å². The number of carbonyl (C=O) groups is 1. The fourth-order valence-electron chi connectivity index (χ4n) is 4.27. The summed E-state index contributed by atoms with van der Waals surface area (Å²) in [7, 11) is -0.195. The van der Waals surface area contributed by atoms with E-state index in [2.05, 4.69) is 5.32 Å². The van der Waals surface area contributed by atoms with Crippen LogP contribution in [0.2, 0.25) is 0 Å². The van der Waals surface area contributed by atoms with Crippen LogP contribution in [-0.2, 0) is 21.2 Å². The molecule has 1 fully saturated rings. The Hall–Kier alpha value is -2.42. The second-order valence-corrected chi connectivity index (χ2v) is 9.54. The summed E-state index contributed by atoms with van der Waals surface area (Å²) in [6, 6.07) is 12.6. The van der Waals surface area contributed by atoms with Crippen LogP contribution in [0.4, 0.5) is 0 Å². The lowest BCUT2D eigenvalue weighted by atomic mass is 9.68. The number of hydrogen-bond acceptors (Lipinski definition) is 5. The SMILES string of the molecule is CNC1CCC(Cc2cc(-c3ccc(S(N)(=O)=O)cc3)ccc2OC)(C(N)=O)CC1. The fraction of sp³-hybridized carbons (Fsp3) is 0.409. The molecule has 2 aromatic carbocycles. The number of sulfonamides is 1. The van der Waals surface area contributed by atoms with Crippen LogP contribution in [0.25, 0.3) is 11.1 Å². The van der Waals surface area contributed by atoms with Gasteiger partial charge in [0.05, 0.1) is 17.4 Å². The largest absolute Gasteiger partial charge is 0.496 e. The molecule has 0 aliphatic heterocycles. The molecule has 2 aromatic rings. The van der Waals surface area contributed by atoms with Gasteiger partial charge in [-0.2, -0.15) is 0 Å². The maximum absolute atomic E-state index is 12.5. The fourth-order valence-corrected chi connectivity index (χ4v) is 4.78. The Morgan fingerprint density at radius 3 is 2.23 bits per heavy atom. The average molecular weight is 432 g/mol. The van der Waals surface area contributed by atoms with Crippen molar-refractivity contribution in [3.63, 3.8) is 0 Å². The zero-order valence-corrected chi connectivity index (χ0v) is 18.2. The van der Waals surface area contributed by atoms with Crippen molar-refractivity contribution in [3.05, 3.63) is 48.0 Å². The monoisotopic (exact) mass is 431 g/mol. The van der Waals surface area contributed by atoms with Crippen LogP contribution in [0, 0.1) is 5.41 Å². The van der Waals surface area contributed by atoms with E-state index in [4.69, 9.17) is 15.6 Å². The molecular formula is C22H29N3O4S. The van der Waals surface area contributed by atoms with Gasteiger partial charge in [0.15, 0.2) is 0 Å². The number of benzene rings is 2. The number of hydrogen-bond donors (Lipinski definition) is 3. The molecule has 1 saturated carbocycles. The maximum atomic E-state index is 12.5. The Morgan fingerprint density at radius 1 is 1.13 bits per heavy atom. The Balaban J connectivity index is 1.94. The van der Waals surface area contributed by atoms with Crippen LogP contribution in [-0.4, -0.2) is 34.5 Å². The lowest BCUT2D eigenvalue weighted by Gasteiger charge is -2.38. The van der Waals surface area contributed by atoms with Crippen molar-refractivity contribution in [1.29, 1.82) is 0 Å². The Kier molecular flexibility index (Phi) is 6.50. The summed E-state index contributed by atoms with van der Waals surface area (Å²) >= 11 is 0. The van der Waals surface area contributed by atoms with Crippen molar-refractivity contribution >= 4 is 15.9 Å². The summed E-state index contributed by atoms with van der Waals surface area (Å²) in [5, 5.41) is 8.47. The Bertz CT molecular complexity index is 1010. The number of rotatable bonds is 7. The second kappa shape index (κ2) is 8.75. The van der Waals surface area contributed by atoms with Gasteiger partial charge in [-0.05, 0) is 80.1 Å². The quantitative estimate of drug-likeness (QED) is 0.620. The van der Waals surface area contributed by atoms with Crippen molar-refractivity contribution in [3.8, 4) is 16.9 Å². The molecule has 0 bridgehead atoms. The molecule has 8 heteroatoms. The van der Waals surface area contributed by atoms with Gasteiger partial charge >= 0.3 is 0 Å². The number of primary sulfonamides is 1. The van der Waals surface area contributed by atoms with Crippen LogP contribution in [0.5, 0.6) is 5.75 Å². The number of nitrogens with two attached hydrogens (primary N) is 2. The predicted molar refractivity (Wildman–Crippen MR) is 116 cm³/mol. The molecule has 0 unspecified atom stereocenters. The minimum absolute atomic E-state index is 0.0639. The number of nitrogens with one attached hydrogen (secondary N) is 1. The summed E-state index contributed by atoms with van der Waals surface area (Å²) in [5.41, 5.74) is 7.92. The minimum Gasteiger partial charge on any atom is -0.496 e. The van der Waals surface area contributed by atoms with E-state index in [0.717, 1.165) is 42.4 Å². The summed E-state index contributed by atoms with van der Waals surface area (Å²) in [6.07, 6.45) is 3.76. The van der Waals surface area contributed by atoms with Crippen molar-refractivity contribution in [2.45, 2.75) is 43.0 Å². The molecule has 0 spiro atoms. The Morgan fingerprint density at radius 2 is 1.73 bits per heavy atom. The molecule has 0 radical (unpaired) electrons. The number of carbonyl (C=O) groups excluding carboxylic acids is 1. The van der Waals surface area contributed by atoms with Gasteiger partial charge < -0.3 is 15.8 Å². The smallest absolute Gasteiger partial charge is 0.238 e. The highest BCUT2D eigenvalue weighted by molar-refractivity contribution is 7.89.